The molecular weight excluding hydrogens is 620 g/mol. The first-order chi connectivity index (χ1) is 22.6. The summed E-state index contributed by atoms with van der Waals surface area (Å²) in [6.07, 6.45) is -3.55. The van der Waals surface area contributed by atoms with Gasteiger partial charge in [0.1, 0.15) is 30.0 Å². The summed E-state index contributed by atoms with van der Waals surface area (Å²) in [5, 5.41) is 8.51. The number of rotatable bonds is 17. The Balaban J connectivity index is 2.11. The lowest BCUT2D eigenvalue weighted by Crippen LogP contribution is -2.57. The molecule has 3 unspecified atom stereocenters. The van der Waals surface area contributed by atoms with Crippen molar-refractivity contribution in [1.29, 1.82) is 0 Å². The van der Waals surface area contributed by atoms with Crippen LogP contribution in [0, 0.1) is 11.8 Å². The molecular formula is C35H58N4O9. The maximum Gasteiger partial charge on any atom is 0.408 e. The van der Waals surface area contributed by atoms with Crippen molar-refractivity contribution in [3.63, 3.8) is 0 Å². The number of nitrogens with zero attached hydrogens (tertiary/aromatic N) is 1. The minimum atomic E-state index is -0.935. The zero-order valence-electron chi connectivity index (χ0n) is 30.5. The van der Waals surface area contributed by atoms with Crippen LogP contribution in [0.5, 0.6) is 0 Å². The quantitative estimate of drug-likeness (QED) is 0.226. The van der Waals surface area contributed by atoms with E-state index in [4.69, 9.17) is 23.7 Å². The van der Waals surface area contributed by atoms with Gasteiger partial charge in [-0.2, -0.15) is 0 Å². The SMILES string of the molecule is CC[C@H](C)C([C@@H](CC(=O)NCC1OC(C(=O)NCc2ccccc2)[C@@H](OC)[C@@H]1OC)OC)N(C)C(=O)[C@@H](NC(=O)OC(C)(C)C)C(C)C. The lowest BCUT2D eigenvalue weighted by Gasteiger charge is -2.39. The molecule has 13 heteroatoms. The monoisotopic (exact) mass is 678 g/mol. The van der Waals surface area contributed by atoms with Crippen LogP contribution in [-0.2, 0) is 44.6 Å². The third-order valence-corrected chi connectivity index (χ3v) is 8.62. The molecule has 0 radical (unpaired) electrons. The van der Waals surface area contributed by atoms with Crippen molar-refractivity contribution >= 4 is 23.8 Å². The highest BCUT2D eigenvalue weighted by Crippen LogP contribution is 2.27. The second-order valence-corrected chi connectivity index (χ2v) is 13.7. The molecule has 1 heterocycles. The van der Waals surface area contributed by atoms with Crippen LogP contribution in [0.3, 0.4) is 0 Å². The highest BCUT2D eigenvalue weighted by molar-refractivity contribution is 5.86. The van der Waals surface area contributed by atoms with Crippen LogP contribution in [0.4, 0.5) is 4.79 Å². The van der Waals surface area contributed by atoms with Crippen molar-refractivity contribution in [2.24, 2.45) is 11.8 Å². The van der Waals surface area contributed by atoms with Gasteiger partial charge in [-0.1, -0.05) is 64.4 Å². The van der Waals surface area contributed by atoms with Gasteiger partial charge < -0.3 is 44.5 Å². The summed E-state index contributed by atoms with van der Waals surface area (Å²) >= 11 is 0. The molecule has 1 saturated heterocycles. The Bertz CT molecular complexity index is 1180. The molecule has 1 aromatic rings. The average molecular weight is 679 g/mol. The molecule has 1 aliphatic rings. The summed E-state index contributed by atoms with van der Waals surface area (Å²) in [5.41, 5.74) is 0.223. The van der Waals surface area contributed by atoms with Crippen LogP contribution < -0.4 is 16.0 Å². The van der Waals surface area contributed by atoms with Crippen LogP contribution in [0.15, 0.2) is 30.3 Å². The minimum absolute atomic E-state index is 0.0420. The van der Waals surface area contributed by atoms with Crippen molar-refractivity contribution in [3.05, 3.63) is 35.9 Å². The summed E-state index contributed by atoms with van der Waals surface area (Å²) in [6, 6.07) is 8.19. The highest BCUT2D eigenvalue weighted by Gasteiger charge is 2.48. The van der Waals surface area contributed by atoms with E-state index in [-0.39, 0.29) is 42.5 Å². The van der Waals surface area contributed by atoms with E-state index in [1.807, 2.05) is 58.0 Å². The lowest BCUT2D eigenvalue weighted by atomic mass is 9.90. The van der Waals surface area contributed by atoms with E-state index in [0.717, 1.165) is 5.56 Å². The van der Waals surface area contributed by atoms with Gasteiger partial charge in [0.15, 0.2) is 6.10 Å². The van der Waals surface area contributed by atoms with Crippen molar-refractivity contribution in [3.8, 4) is 0 Å². The molecule has 13 nitrogen and oxygen atoms in total. The molecule has 0 saturated carbocycles. The first-order valence-electron chi connectivity index (χ1n) is 16.7. The number of amides is 4. The number of carbonyl (C=O) groups excluding carboxylic acids is 4. The van der Waals surface area contributed by atoms with Crippen LogP contribution in [0.25, 0.3) is 0 Å². The molecule has 0 aliphatic carbocycles. The van der Waals surface area contributed by atoms with Gasteiger partial charge >= 0.3 is 6.09 Å². The van der Waals surface area contributed by atoms with E-state index < -0.39 is 54.3 Å². The third kappa shape index (κ3) is 11.7. The summed E-state index contributed by atoms with van der Waals surface area (Å²) in [4.78, 5) is 54.4. The van der Waals surface area contributed by atoms with Crippen molar-refractivity contribution < 1.29 is 42.9 Å². The smallest absolute Gasteiger partial charge is 0.408 e. The molecule has 48 heavy (non-hydrogen) atoms. The van der Waals surface area contributed by atoms with Gasteiger partial charge in [0.2, 0.25) is 11.8 Å². The van der Waals surface area contributed by atoms with E-state index in [1.165, 1.54) is 21.3 Å². The fourth-order valence-electron chi connectivity index (χ4n) is 5.90. The second-order valence-electron chi connectivity index (χ2n) is 13.7. The van der Waals surface area contributed by atoms with Crippen molar-refractivity contribution in [2.45, 2.75) is 116 Å². The molecule has 3 N–H and O–H groups in total. The van der Waals surface area contributed by atoms with E-state index in [1.54, 1.807) is 32.7 Å². The van der Waals surface area contributed by atoms with Gasteiger partial charge in [0.05, 0.1) is 18.6 Å². The third-order valence-electron chi connectivity index (χ3n) is 8.62. The largest absolute Gasteiger partial charge is 0.444 e. The number of alkyl carbamates (subject to hydrolysis) is 1. The fraction of sp³-hybridized carbons (Fsp3) is 0.714. The number of hydrogen-bond donors (Lipinski definition) is 3. The predicted octanol–water partition coefficient (Wildman–Crippen LogP) is 3.04. The topological polar surface area (TPSA) is 154 Å². The van der Waals surface area contributed by atoms with Gasteiger partial charge in [0.25, 0.3) is 5.91 Å². The molecule has 0 bridgehead atoms. The molecule has 272 valence electrons. The summed E-state index contributed by atoms with van der Waals surface area (Å²) in [7, 11) is 6.17. The summed E-state index contributed by atoms with van der Waals surface area (Å²) < 4.78 is 28.6. The van der Waals surface area contributed by atoms with Crippen LogP contribution in [0.1, 0.15) is 66.9 Å². The van der Waals surface area contributed by atoms with Gasteiger partial charge in [-0.25, -0.2) is 4.79 Å². The Labute approximate surface area is 286 Å². The predicted molar refractivity (Wildman–Crippen MR) is 181 cm³/mol. The number of nitrogens with one attached hydrogen (secondary N) is 3. The standard InChI is InChI=1S/C35H58N4O9/c1-12-22(4)28(39(8)33(42)27(21(2)3)38-34(43)48-35(5,6)7)24(44-9)18-26(40)36-20-25-29(45-10)30(46-11)31(47-25)32(41)37-19-23-16-14-13-15-17-23/h13-17,21-22,24-25,27-31H,12,18-20H2,1-11H3,(H,36,40)(H,37,41)(H,38,43)/t22-,24+,25?,27-,28?,29+,30-,31?/m0/s1. The highest BCUT2D eigenvalue weighted by atomic mass is 16.6. The molecule has 1 fully saturated rings. The van der Waals surface area contributed by atoms with Crippen molar-refractivity contribution in [1.82, 2.24) is 20.9 Å². The maximum absolute atomic E-state index is 13.8. The Hall–Kier alpha value is -3.26. The Morgan fingerprint density at radius 3 is 2.10 bits per heavy atom. The molecule has 0 aromatic heterocycles. The van der Waals surface area contributed by atoms with Crippen LogP contribution in [-0.4, -0.2) is 112 Å². The van der Waals surface area contributed by atoms with E-state index >= 15 is 0 Å². The number of methoxy groups -OCH3 is 3. The average Bonchev–Trinajstić information content (AvgIpc) is 3.41. The van der Waals surface area contributed by atoms with Crippen LogP contribution >= 0.6 is 0 Å². The summed E-state index contributed by atoms with van der Waals surface area (Å²) in [5.74, 6) is -1.25. The zero-order valence-corrected chi connectivity index (χ0v) is 30.5. The lowest BCUT2D eigenvalue weighted by molar-refractivity contribution is -0.142. The van der Waals surface area contributed by atoms with E-state index in [0.29, 0.717) is 13.0 Å². The van der Waals surface area contributed by atoms with E-state index in [9.17, 15) is 19.2 Å². The molecule has 2 rings (SSSR count). The molecule has 1 aliphatic heterocycles. The molecule has 1 aromatic carbocycles. The van der Waals surface area contributed by atoms with Gasteiger partial charge in [-0.05, 0) is 38.2 Å². The first-order valence-corrected chi connectivity index (χ1v) is 16.7. The van der Waals surface area contributed by atoms with Gasteiger partial charge in [-0.15, -0.1) is 0 Å². The fourth-order valence-corrected chi connectivity index (χ4v) is 5.90. The maximum atomic E-state index is 13.8. The van der Waals surface area contributed by atoms with Gasteiger partial charge in [0, 0.05) is 41.5 Å². The number of likely N-dealkylation sites (N-methyl/N-ethyl adjacent to an activating group) is 1. The number of ether oxygens (including phenoxy) is 5. The Morgan fingerprint density at radius 2 is 1.58 bits per heavy atom. The number of carbonyl (C=O) groups is 4. The Kier molecular flexibility index (Phi) is 16.2. The molecule has 0 spiro atoms. The zero-order chi connectivity index (χ0) is 36.2. The molecule has 8 atom stereocenters. The minimum Gasteiger partial charge on any atom is -0.444 e. The second kappa shape index (κ2) is 19.1. The van der Waals surface area contributed by atoms with E-state index in [2.05, 4.69) is 16.0 Å². The van der Waals surface area contributed by atoms with Gasteiger partial charge in [-0.3, -0.25) is 14.4 Å². The number of hydrogen-bond acceptors (Lipinski definition) is 9. The summed E-state index contributed by atoms with van der Waals surface area (Å²) in [6.45, 7) is 13.3. The molecule has 4 amide bonds. The van der Waals surface area contributed by atoms with Crippen LogP contribution in [0.2, 0.25) is 0 Å². The van der Waals surface area contributed by atoms with Crippen molar-refractivity contribution in [2.75, 3.05) is 34.9 Å². The normalized spacial score (nSPS) is 21.9. The first kappa shape index (κ1) is 40.9. The number of benzene rings is 1. The Morgan fingerprint density at radius 1 is 0.958 bits per heavy atom.